The number of halogens is 1. The van der Waals surface area contributed by atoms with E-state index < -0.39 is 0 Å². The monoisotopic (exact) mass is 417 g/mol. The van der Waals surface area contributed by atoms with E-state index in [4.69, 9.17) is 9.72 Å². The first-order valence-corrected chi connectivity index (χ1v) is 10.2. The molecule has 1 amide bonds. The molecule has 2 heterocycles. The van der Waals surface area contributed by atoms with Crippen molar-refractivity contribution in [2.24, 2.45) is 0 Å². The summed E-state index contributed by atoms with van der Waals surface area (Å²) in [6.07, 6.45) is 0.911. The van der Waals surface area contributed by atoms with E-state index in [2.05, 4.69) is 11.0 Å². The van der Waals surface area contributed by atoms with Gasteiger partial charge < -0.3 is 4.74 Å². The number of rotatable bonds is 6. The lowest BCUT2D eigenvalue weighted by Crippen LogP contribution is -2.39. The van der Waals surface area contributed by atoms with Gasteiger partial charge in [-0.15, -0.1) is 12.4 Å². The maximum absolute atomic E-state index is 13.2. The van der Waals surface area contributed by atoms with Crippen LogP contribution in [0.2, 0.25) is 0 Å². The van der Waals surface area contributed by atoms with Gasteiger partial charge in [0.25, 0.3) is 5.91 Å². The molecule has 0 radical (unpaired) electrons. The number of anilines is 1. The lowest BCUT2D eigenvalue weighted by molar-refractivity contribution is 0.0376. The summed E-state index contributed by atoms with van der Waals surface area (Å²) in [5.41, 5.74) is 1.64. The summed E-state index contributed by atoms with van der Waals surface area (Å²) in [4.78, 5) is 22.1. The van der Waals surface area contributed by atoms with Crippen LogP contribution < -0.4 is 4.90 Å². The van der Waals surface area contributed by atoms with E-state index in [0.29, 0.717) is 12.1 Å². The molecule has 1 saturated heterocycles. The lowest BCUT2D eigenvalue weighted by Gasteiger charge is -2.27. The molecule has 5 nitrogen and oxygen atoms in total. The van der Waals surface area contributed by atoms with Crippen molar-refractivity contribution in [3.8, 4) is 0 Å². The molecule has 1 aliphatic heterocycles. The van der Waals surface area contributed by atoms with E-state index in [9.17, 15) is 4.79 Å². The number of para-hydroxylation sites is 1. The van der Waals surface area contributed by atoms with E-state index in [1.807, 2.05) is 53.4 Å². The van der Waals surface area contributed by atoms with Crippen LogP contribution in [0.5, 0.6) is 0 Å². The summed E-state index contributed by atoms with van der Waals surface area (Å²) in [6.45, 7) is 5.15. The van der Waals surface area contributed by atoms with Crippen LogP contribution >= 0.6 is 23.7 Å². The topological polar surface area (TPSA) is 45.7 Å². The molecular formula is C21H24ClN3O2S. The molecule has 1 fully saturated rings. The van der Waals surface area contributed by atoms with Gasteiger partial charge in [-0.05, 0) is 30.7 Å². The number of hydrogen-bond donors (Lipinski definition) is 0. The smallest absolute Gasteiger partial charge is 0.260 e. The second kappa shape index (κ2) is 9.98. The fourth-order valence-electron chi connectivity index (χ4n) is 3.27. The highest BCUT2D eigenvalue weighted by molar-refractivity contribution is 7.22. The molecule has 0 atom stereocenters. The van der Waals surface area contributed by atoms with Crippen molar-refractivity contribution >= 4 is 45.0 Å². The fourth-order valence-corrected chi connectivity index (χ4v) is 4.26. The molecule has 2 aromatic carbocycles. The first-order valence-electron chi connectivity index (χ1n) is 9.34. The zero-order valence-electron chi connectivity index (χ0n) is 15.6. The van der Waals surface area contributed by atoms with Crippen LogP contribution in [0.1, 0.15) is 16.8 Å². The van der Waals surface area contributed by atoms with E-state index in [1.54, 1.807) is 11.3 Å². The van der Waals surface area contributed by atoms with Crippen LogP contribution in [-0.4, -0.2) is 55.2 Å². The standard InChI is InChI=1S/C21H23N3O2S.ClH/c25-20(17-7-2-1-3-8-17)24(12-6-11-23-13-15-26-16-14-23)21-22-18-9-4-5-10-19(18)27-21;/h1-5,7-10H,6,11-16H2;1H. The van der Waals surface area contributed by atoms with Crippen LogP contribution in [0, 0.1) is 0 Å². The second-order valence-electron chi connectivity index (χ2n) is 6.59. The number of morpholine rings is 1. The largest absolute Gasteiger partial charge is 0.379 e. The van der Waals surface area contributed by atoms with E-state index in [1.165, 1.54) is 0 Å². The molecule has 0 bridgehead atoms. The van der Waals surface area contributed by atoms with Gasteiger partial charge in [0.15, 0.2) is 5.13 Å². The molecule has 0 spiro atoms. The van der Waals surface area contributed by atoms with E-state index >= 15 is 0 Å². The van der Waals surface area contributed by atoms with Gasteiger partial charge in [0.1, 0.15) is 0 Å². The minimum absolute atomic E-state index is 0. The molecular weight excluding hydrogens is 394 g/mol. The van der Waals surface area contributed by atoms with Crippen LogP contribution in [0.15, 0.2) is 54.6 Å². The summed E-state index contributed by atoms with van der Waals surface area (Å²) in [7, 11) is 0. The number of amides is 1. The highest BCUT2D eigenvalue weighted by Crippen LogP contribution is 2.29. The Morgan fingerprint density at radius 1 is 1.07 bits per heavy atom. The number of fused-ring (bicyclic) bond motifs is 1. The number of thiazole rings is 1. The number of hydrogen-bond acceptors (Lipinski definition) is 5. The summed E-state index contributed by atoms with van der Waals surface area (Å²) in [6, 6.07) is 17.5. The Morgan fingerprint density at radius 2 is 1.79 bits per heavy atom. The van der Waals surface area contributed by atoms with Crippen molar-refractivity contribution in [3.05, 3.63) is 60.2 Å². The SMILES string of the molecule is Cl.O=C(c1ccccc1)N(CCCN1CCOCC1)c1nc2ccccc2s1. The van der Waals surface area contributed by atoms with Gasteiger partial charge in [-0.2, -0.15) is 0 Å². The Bertz CT molecular complexity index is 864. The molecule has 0 aliphatic carbocycles. The number of carbonyl (C=O) groups excluding carboxylic acids is 1. The molecule has 0 saturated carbocycles. The van der Waals surface area contributed by atoms with Gasteiger partial charge in [-0.1, -0.05) is 41.7 Å². The van der Waals surface area contributed by atoms with Gasteiger partial charge in [0.2, 0.25) is 0 Å². The molecule has 148 valence electrons. The average Bonchev–Trinajstić information content (AvgIpc) is 3.16. The van der Waals surface area contributed by atoms with Crippen LogP contribution in [0.4, 0.5) is 5.13 Å². The lowest BCUT2D eigenvalue weighted by atomic mass is 10.2. The molecule has 1 aliphatic rings. The highest BCUT2D eigenvalue weighted by atomic mass is 35.5. The van der Waals surface area contributed by atoms with Crippen molar-refractivity contribution in [1.82, 2.24) is 9.88 Å². The van der Waals surface area contributed by atoms with E-state index in [0.717, 1.165) is 54.6 Å². The van der Waals surface area contributed by atoms with Gasteiger partial charge >= 0.3 is 0 Å². The van der Waals surface area contributed by atoms with Crippen LogP contribution in [-0.2, 0) is 4.74 Å². The van der Waals surface area contributed by atoms with Crippen LogP contribution in [0.25, 0.3) is 10.2 Å². The predicted octanol–water partition coefficient (Wildman–Crippen LogP) is 4.09. The second-order valence-corrected chi connectivity index (χ2v) is 7.60. The number of carbonyl (C=O) groups is 1. The van der Waals surface area contributed by atoms with Gasteiger partial charge in [-0.25, -0.2) is 4.98 Å². The Morgan fingerprint density at radius 3 is 2.54 bits per heavy atom. The van der Waals surface area contributed by atoms with E-state index in [-0.39, 0.29) is 18.3 Å². The summed E-state index contributed by atoms with van der Waals surface area (Å²) < 4.78 is 6.51. The predicted molar refractivity (Wildman–Crippen MR) is 117 cm³/mol. The zero-order chi connectivity index (χ0) is 18.5. The quantitative estimate of drug-likeness (QED) is 0.606. The normalized spacial score (nSPS) is 14.6. The number of benzene rings is 2. The molecule has 1 aromatic heterocycles. The first-order chi connectivity index (χ1) is 13.3. The highest BCUT2D eigenvalue weighted by Gasteiger charge is 2.21. The van der Waals surface area contributed by atoms with Crippen molar-refractivity contribution < 1.29 is 9.53 Å². The Labute approximate surface area is 175 Å². The number of ether oxygens (including phenoxy) is 1. The van der Waals surface area contributed by atoms with Crippen molar-refractivity contribution in [2.75, 3.05) is 44.3 Å². The molecule has 7 heteroatoms. The Balaban J connectivity index is 0.00000225. The number of nitrogens with zero attached hydrogens (tertiary/aromatic N) is 3. The molecule has 28 heavy (non-hydrogen) atoms. The third-order valence-corrected chi connectivity index (χ3v) is 5.80. The summed E-state index contributed by atoms with van der Waals surface area (Å²) in [5.74, 6) is 0.0108. The Hall–Kier alpha value is -1.99. The minimum Gasteiger partial charge on any atom is -0.379 e. The maximum atomic E-state index is 13.2. The number of aromatic nitrogens is 1. The van der Waals surface area contributed by atoms with Crippen molar-refractivity contribution in [3.63, 3.8) is 0 Å². The minimum atomic E-state index is 0. The van der Waals surface area contributed by atoms with Gasteiger partial charge in [0.05, 0.1) is 23.4 Å². The fraction of sp³-hybridized carbons (Fsp3) is 0.333. The van der Waals surface area contributed by atoms with Crippen molar-refractivity contribution in [2.45, 2.75) is 6.42 Å². The molecule has 4 rings (SSSR count). The van der Waals surface area contributed by atoms with Gasteiger partial charge in [0, 0.05) is 31.7 Å². The summed E-state index contributed by atoms with van der Waals surface area (Å²) >= 11 is 1.57. The Kier molecular flexibility index (Phi) is 7.39. The molecule has 3 aromatic rings. The van der Waals surface area contributed by atoms with Gasteiger partial charge in [-0.3, -0.25) is 14.6 Å². The molecule has 0 unspecified atom stereocenters. The summed E-state index contributed by atoms with van der Waals surface area (Å²) in [5, 5.41) is 0.770. The average molecular weight is 418 g/mol. The van der Waals surface area contributed by atoms with Crippen molar-refractivity contribution in [1.29, 1.82) is 0 Å². The van der Waals surface area contributed by atoms with Crippen LogP contribution in [0.3, 0.4) is 0 Å². The third-order valence-electron chi connectivity index (χ3n) is 4.74. The third kappa shape index (κ3) is 4.89. The molecule has 0 N–H and O–H groups in total. The first kappa shape index (κ1) is 20.7. The maximum Gasteiger partial charge on any atom is 0.260 e. The zero-order valence-corrected chi connectivity index (χ0v) is 17.3.